The number of hydrogen-bond donors (Lipinski definition) is 0. The van der Waals surface area contributed by atoms with Gasteiger partial charge in [-0.15, -0.1) is 0 Å². The topological polar surface area (TPSA) is 155 Å². The van der Waals surface area contributed by atoms with Gasteiger partial charge in [0.15, 0.2) is 9.84 Å². The summed E-state index contributed by atoms with van der Waals surface area (Å²) in [6, 6.07) is 41.2. The molecule has 0 saturated carbocycles. The first kappa shape index (κ1) is 51.8. The Morgan fingerprint density at radius 1 is 0.426 bits per heavy atom. The van der Waals surface area contributed by atoms with Gasteiger partial charge in [-0.05, 0) is 126 Å². The van der Waals surface area contributed by atoms with Crippen LogP contribution >= 0.6 is 0 Å². The molecule has 6 aromatic carbocycles. The van der Waals surface area contributed by atoms with Gasteiger partial charge >= 0.3 is 35.1 Å². The molecule has 2 heterocycles. The Bertz CT molecular complexity index is 2960. The van der Waals surface area contributed by atoms with Crippen LogP contribution in [-0.2, 0) is 52.0 Å². The average molecular weight is 981 g/mol. The zero-order chi connectivity index (χ0) is 49.4. The molecule has 0 N–H and O–H groups in total. The van der Waals surface area contributed by atoms with E-state index in [9.17, 15) is 31.2 Å². The molecule has 9 rings (SSSR count). The molecule has 0 radical (unpaired) electrons. The molecule has 0 saturated heterocycles. The molecule has 0 amide bonds. The maximum atomic E-state index is 13.1. The highest BCUT2D eigenvalue weighted by atomic mass is 32.2. The molecule has 0 spiro atoms. The highest BCUT2D eigenvalue weighted by molar-refractivity contribution is 7.90. The monoisotopic (exact) mass is 980 g/mol. The van der Waals surface area contributed by atoms with Crippen LogP contribution in [-0.4, -0.2) is 56.7 Å². The number of hydrogen-bond acceptors (Lipinski definition) is 10. The van der Waals surface area contributed by atoms with E-state index in [0.29, 0.717) is 33.4 Å². The van der Waals surface area contributed by atoms with Crippen molar-refractivity contribution in [2.24, 2.45) is 0 Å². The average Bonchev–Trinajstić information content (AvgIpc) is 4.07. The number of carbonyl (C=O) groups is 2. The molecule has 0 bridgehead atoms. The highest BCUT2D eigenvalue weighted by Crippen LogP contribution is 2.40. The molecule has 6 aromatic rings. The van der Waals surface area contributed by atoms with Gasteiger partial charge in [0.25, 0.3) is 0 Å². The number of halogens is 3. The number of carbonyl (C=O) groups excluding carboxylic acids is 2. The normalized spacial score (nSPS) is 13.9. The van der Waals surface area contributed by atoms with Crippen molar-refractivity contribution in [2.75, 3.05) is 19.5 Å². The van der Waals surface area contributed by atoms with E-state index in [-0.39, 0.29) is 41.5 Å². The molecule has 350 valence electrons. The van der Waals surface area contributed by atoms with Crippen molar-refractivity contribution in [1.29, 1.82) is 0 Å². The number of ether oxygens (including phenoxy) is 2. The molecule has 1 aliphatic carbocycles. The van der Waals surface area contributed by atoms with Gasteiger partial charge in [-0.2, -0.15) is 16.8 Å². The van der Waals surface area contributed by atoms with Crippen LogP contribution < -0.4 is 0 Å². The van der Waals surface area contributed by atoms with Crippen LogP contribution in [0.1, 0.15) is 63.8 Å². The van der Waals surface area contributed by atoms with Crippen LogP contribution in [0.3, 0.4) is 0 Å². The zero-order valence-corrected chi connectivity index (χ0v) is 39.3. The summed E-state index contributed by atoms with van der Waals surface area (Å²) < 4.78 is 105. The van der Waals surface area contributed by atoms with Crippen LogP contribution in [0.25, 0.3) is 33.4 Å². The van der Waals surface area contributed by atoms with Crippen molar-refractivity contribution in [1.82, 2.24) is 0 Å². The minimum absolute atomic E-state index is 0.105. The van der Waals surface area contributed by atoms with Gasteiger partial charge in [0.1, 0.15) is 30.7 Å². The maximum Gasteiger partial charge on any atom is 0.339 e. The van der Waals surface area contributed by atoms with E-state index in [0.717, 1.165) is 41.4 Å². The number of aryl methyl sites for hydroxylation is 2. The largest absolute Gasteiger partial charge is 0.457 e. The van der Waals surface area contributed by atoms with Gasteiger partial charge in [0.05, 0.1) is 16.0 Å². The van der Waals surface area contributed by atoms with Gasteiger partial charge in [-0.1, -0.05) is 108 Å². The lowest BCUT2D eigenvalue weighted by Crippen LogP contribution is -2.00. The Balaban J connectivity index is 0.000000180. The minimum Gasteiger partial charge on any atom is -0.457 e. The zero-order valence-electron chi connectivity index (χ0n) is 36.8. The molecular weight excluding hydrogens is 938 g/mol. The second-order valence-electron chi connectivity index (χ2n) is 15.4. The van der Waals surface area contributed by atoms with Gasteiger partial charge in [-0.3, -0.25) is 0 Å². The summed E-state index contributed by atoms with van der Waals surface area (Å²) in [7, 11) is -3.30. The Morgan fingerprint density at radius 3 is 1.00 bits per heavy atom. The fourth-order valence-electron chi connectivity index (χ4n) is 7.53. The number of esters is 2. The Labute approximate surface area is 399 Å². The molecule has 0 unspecified atom stereocenters. The second-order valence-corrected chi connectivity index (χ2v) is 17.6. The first-order valence-electron chi connectivity index (χ1n) is 20.7. The van der Waals surface area contributed by atoms with Crippen LogP contribution in [0.5, 0.6) is 0 Å². The van der Waals surface area contributed by atoms with Crippen molar-refractivity contribution in [3.05, 3.63) is 208 Å². The van der Waals surface area contributed by atoms with Crippen molar-refractivity contribution in [3.8, 4) is 0 Å². The maximum absolute atomic E-state index is 13.1. The lowest BCUT2D eigenvalue weighted by Gasteiger charge is -2.09. The lowest BCUT2D eigenvalue weighted by atomic mass is 9.96. The molecule has 16 heteroatoms. The first-order valence-corrected chi connectivity index (χ1v) is 23.9. The van der Waals surface area contributed by atoms with Crippen LogP contribution in [0.2, 0.25) is 0 Å². The summed E-state index contributed by atoms with van der Waals surface area (Å²) in [5, 5.41) is 0. The minimum atomic E-state index is -3.30. The van der Waals surface area contributed by atoms with Gasteiger partial charge in [0.2, 0.25) is 0 Å². The molecule has 68 heavy (non-hydrogen) atoms. The van der Waals surface area contributed by atoms with Crippen LogP contribution in [0.15, 0.2) is 150 Å². The molecule has 10 nitrogen and oxygen atoms in total. The number of allylic oxidation sites excluding steroid dienone is 2. The molecule has 3 aliphatic rings. The van der Waals surface area contributed by atoms with E-state index in [1.54, 1.807) is 48.5 Å². The van der Waals surface area contributed by atoms with Crippen molar-refractivity contribution < 1.29 is 57.5 Å². The van der Waals surface area contributed by atoms with E-state index < -0.39 is 38.9 Å². The fourth-order valence-corrected chi connectivity index (χ4v) is 8.16. The number of cyclic esters (lactones) is 2. The Hall–Kier alpha value is -7.14. The quantitative estimate of drug-likeness (QED) is 0.141. The lowest BCUT2D eigenvalue weighted by molar-refractivity contribution is -0.134. The molecule has 0 fully saturated rings. The fraction of sp³-hybridized carbons (Fsp3) is 0.154. The summed E-state index contributed by atoms with van der Waals surface area (Å²) >= 11 is -1.50. The van der Waals surface area contributed by atoms with E-state index in [2.05, 4.69) is 31.2 Å². The molecule has 0 atom stereocenters. The van der Waals surface area contributed by atoms with Crippen LogP contribution in [0, 0.1) is 31.3 Å². The SMILES string of the molecule is CS(=O)(=O)c1ccc(C2=C(c3ccc(F)cc3)COC2=O)cc1.Cc1ccc(C2=C(c3ccc(F)cc3)C(=O)OC2)cc1.Cc1ccc(C2=C(c3ccc(F)cc3)CCC2)cc1.O=S=O.O=S=O. The van der Waals surface area contributed by atoms with E-state index >= 15 is 0 Å². The van der Waals surface area contributed by atoms with Crippen molar-refractivity contribution >= 4 is 78.4 Å². The summed E-state index contributed by atoms with van der Waals surface area (Å²) in [6.07, 6.45) is 4.52. The number of sulfone groups is 1. The molecule has 2 aliphatic heterocycles. The third-order valence-corrected chi connectivity index (χ3v) is 11.9. The summed E-state index contributed by atoms with van der Waals surface area (Å²) in [4.78, 5) is 24.1. The number of benzene rings is 6. The van der Waals surface area contributed by atoms with Gasteiger partial charge in [0, 0.05) is 17.4 Å². The summed E-state index contributed by atoms with van der Waals surface area (Å²) in [5.41, 5.74) is 13.0. The van der Waals surface area contributed by atoms with Crippen molar-refractivity contribution in [2.45, 2.75) is 38.0 Å². The first-order chi connectivity index (χ1) is 32.6. The summed E-state index contributed by atoms with van der Waals surface area (Å²) in [5.74, 6) is -1.68. The number of rotatable bonds is 7. The standard InChI is InChI=1S/C18H17F.C17H13FO4S.C17H13FO2.2O2S/c1-13-5-7-14(8-6-13)17-3-2-4-18(17)15-9-11-16(19)12-10-15;1-23(20,21)14-8-4-12(5-9-14)16-15(10-22-17(16)19)11-2-6-13(18)7-3-11;1-11-2-4-12(5-3-11)15-10-20-17(19)16(15)13-6-8-14(18)9-7-13;2*1-3-2/h5-12H,2-4H2,1H3;2-9H,10H2,1H3;2-9H,10H2,1H3;;. The van der Waals surface area contributed by atoms with Gasteiger partial charge in [-0.25, -0.2) is 31.2 Å². The van der Waals surface area contributed by atoms with Gasteiger partial charge < -0.3 is 9.47 Å². The second kappa shape index (κ2) is 24.6. The van der Waals surface area contributed by atoms with Crippen molar-refractivity contribution in [3.63, 3.8) is 0 Å². The van der Waals surface area contributed by atoms with E-state index in [4.69, 9.17) is 26.3 Å². The third-order valence-electron chi connectivity index (χ3n) is 10.8. The van der Waals surface area contributed by atoms with E-state index in [1.165, 1.54) is 65.1 Å². The predicted octanol–water partition coefficient (Wildman–Crippen LogP) is 10.2. The molecular formula is C52H43F3O10S3. The molecule has 0 aromatic heterocycles. The Morgan fingerprint density at radius 2 is 0.691 bits per heavy atom. The predicted molar refractivity (Wildman–Crippen MR) is 255 cm³/mol. The Kier molecular flexibility index (Phi) is 18.7. The summed E-state index contributed by atoms with van der Waals surface area (Å²) in [6.45, 7) is 4.48. The highest BCUT2D eigenvalue weighted by Gasteiger charge is 2.28. The third kappa shape index (κ3) is 13.9. The van der Waals surface area contributed by atoms with E-state index in [1.807, 2.05) is 43.3 Å². The smallest absolute Gasteiger partial charge is 0.339 e. The van der Waals surface area contributed by atoms with Crippen LogP contribution in [0.4, 0.5) is 13.2 Å².